The third-order valence-corrected chi connectivity index (χ3v) is 4.63. The molecule has 0 radical (unpaired) electrons. The van der Waals surface area contributed by atoms with Gasteiger partial charge < -0.3 is 5.73 Å². The first-order valence-electron chi connectivity index (χ1n) is 5.21. The second kappa shape index (κ2) is 3.83. The Morgan fingerprint density at radius 3 is 2.81 bits per heavy atom. The van der Waals surface area contributed by atoms with Crippen molar-refractivity contribution in [2.24, 2.45) is 11.7 Å². The van der Waals surface area contributed by atoms with Crippen LogP contribution in [0.4, 0.5) is 0 Å². The number of sulfonamides is 1. The van der Waals surface area contributed by atoms with Gasteiger partial charge in [0.05, 0.1) is 6.20 Å². The smallest absolute Gasteiger partial charge is 0.244 e. The Morgan fingerprint density at radius 1 is 1.69 bits per heavy atom. The first-order valence-corrected chi connectivity index (χ1v) is 6.69. The Labute approximate surface area is 94.7 Å². The lowest BCUT2D eigenvalue weighted by Gasteiger charge is -2.28. The van der Waals surface area contributed by atoms with Gasteiger partial charge in [0.1, 0.15) is 4.90 Å². The molecule has 0 saturated heterocycles. The topological polar surface area (TPSA) is 101 Å². The number of nitrogens with two attached hydrogens (primary N) is 1. The third kappa shape index (κ3) is 2.11. The standard InChI is InChI=1S/C9H16N4O2S/c1-9(6-10,7-2-3-7)13-16(14,15)8-4-11-12-5-8/h4-5,7,13H,2-3,6,10H2,1H3,(H,11,12). The highest BCUT2D eigenvalue weighted by molar-refractivity contribution is 7.89. The zero-order valence-corrected chi connectivity index (χ0v) is 9.92. The van der Waals surface area contributed by atoms with Crippen molar-refractivity contribution in [3.05, 3.63) is 12.4 Å². The molecule has 16 heavy (non-hydrogen) atoms. The molecule has 7 heteroatoms. The Bertz CT molecular complexity index is 452. The number of hydrogen-bond donors (Lipinski definition) is 3. The quantitative estimate of drug-likeness (QED) is 0.668. The molecule has 1 aliphatic rings. The van der Waals surface area contributed by atoms with E-state index in [4.69, 9.17) is 5.73 Å². The SMILES string of the molecule is CC(CN)(NS(=O)(=O)c1cn[nH]c1)C1CC1. The number of aromatic amines is 1. The molecule has 4 N–H and O–H groups in total. The van der Waals surface area contributed by atoms with Gasteiger partial charge in [-0.3, -0.25) is 5.10 Å². The van der Waals surface area contributed by atoms with Gasteiger partial charge in [-0.05, 0) is 25.7 Å². The van der Waals surface area contributed by atoms with Crippen LogP contribution in [0.5, 0.6) is 0 Å². The van der Waals surface area contributed by atoms with E-state index in [9.17, 15) is 8.42 Å². The minimum atomic E-state index is -3.52. The summed E-state index contributed by atoms with van der Waals surface area (Å²) in [6.07, 6.45) is 4.70. The van der Waals surface area contributed by atoms with Crippen LogP contribution in [0.1, 0.15) is 19.8 Å². The minimum Gasteiger partial charge on any atom is -0.329 e. The number of nitrogens with zero attached hydrogens (tertiary/aromatic N) is 1. The average Bonchev–Trinajstić information content (AvgIpc) is 2.93. The van der Waals surface area contributed by atoms with Crippen LogP contribution in [0, 0.1) is 5.92 Å². The molecule has 2 rings (SSSR count). The molecule has 1 heterocycles. The van der Waals surface area contributed by atoms with Gasteiger partial charge in [-0.1, -0.05) is 0 Å². The van der Waals surface area contributed by atoms with Crippen LogP contribution >= 0.6 is 0 Å². The lowest BCUT2D eigenvalue weighted by Crippen LogP contribution is -2.52. The maximum absolute atomic E-state index is 12.0. The molecule has 1 saturated carbocycles. The van der Waals surface area contributed by atoms with Crippen molar-refractivity contribution in [3.63, 3.8) is 0 Å². The van der Waals surface area contributed by atoms with E-state index < -0.39 is 15.6 Å². The normalized spacial score (nSPS) is 20.6. The molecule has 0 aliphatic heterocycles. The van der Waals surface area contributed by atoms with Gasteiger partial charge in [-0.15, -0.1) is 0 Å². The number of hydrogen-bond acceptors (Lipinski definition) is 4. The fraction of sp³-hybridized carbons (Fsp3) is 0.667. The first-order chi connectivity index (χ1) is 7.48. The van der Waals surface area contributed by atoms with E-state index in [1.54, 1.807) is 0 Å². The van der Waals surface area contributed by atoms with Gasteiger partial charge in [0.15, 0.2) is 0 Å². The summed E-state index contributed by atoms with van der Waals surface area (Å²) in [5, 5.41) is 6.11. The summed E-state index contributed by atoms with van der Waals surface area (Å²) in [6.45, 7) is 2.15. The molecule has 1 aromatic heterocycles. The molecular formula is C9H16N4O2S. The summed E-state index contributed by atoms with van der Waals surface area (Å²) >= 11 is 0. The fourth-order valence-corrected chi connectivity index (χ4v) is 3.15. The summed E-state index contributed by atoms with van der Waals surface area (Å²) in [6, 6.07) is 0. The van der Waals surface area contributed by atoms with Crippen LogP contribution in [-0.2, 0) is 10.0 Å². The molecular weight excluding hydrogens is 228 g/mol. The van der Waals surface area contributed by atoms with Crippen LogP contribution in [-0.4, -0.2) is 30.7 Å². The second-order valence-corrected chi connectivity index (χ2v) is 6.12. The second-order valence-electron chi connectivity index (χ2n) is 4.44. The van der Waals surface area contributed by atoms with Crippen LogP contribution in [0.3, 0.4) is 0 Å². The van der Waals surface area contributed by atoms with E-state index in [1.807, 2.05) is 6.92 Å². The Hall–Kier alpha value is -0.920. The maximum atomic E-state index is 12.0. The lowest BCUT2D eigenvalue weighted by molar-refractivity contribution is 0.374. The summed E-state index contributed by atoms with van der Waals surface area (Å²) < 4.78 is 26.6. The zero-order valence-electron chi connectivity index (χ0n) is 9.10. The summed E-state index contributed by atoms with van der Waals surface area (Å²) in [5.41, 5.74) is 5.11. The zero-order chi connectivity index (χ0) is 11.8. The molecule has 1 fully saturated rings. The number of rotatable bonds is 5. The molecule has 0 bridgehead atoms. The van der Waals surface area contributed by atoms with Crippen LogP contribution < -0.4 is 10.5 Å². The van der Waals surface area contributed by atoms with Gasteiger partial charge >= 0.3 is 0 Å². The van der Waals surface area contributed by atoms with Crippen molar-refractivity contribution in [3.8, 4) is 0 Å². The monoisotopic (exact) mass is 244 g/mol. The van der Waals surface area contributed by atoms with Gasteiger partial charge in [-0.2, -0.15) is 5.10 Å². The predicted octanol–water partition coefficient (Wildman–Crippen LogP) is -0.185. The van der Waals surface area contributed by atoms with E-state index >= 15 is 0 Å². The van der Waals surface area contributed by atoms with Crippen LogP contribution in [0.25, 0.3) is 0 Å². The highest BCUT2D eigenvalue weighted by Gasteiger charge is 2.43. The summed E-state index contributed by atoms with van der Waals surface area (Å²) in [4.78, 5) is 0.146. The molecule has 1 unspecified atom stereocenters. The van der Waals surface area contributed by atoms with Gasteiger partial charge in [0.25, 0.3) is 0 Å². The van der Waals surface area contributed by atoms with Crippen molar-refractivity contribution < 1.29 is 8.42 Å². The summed E-state index contributed by atoms with van der Waals surface area (Å²) in [7, 11) is -3.52. The first kappa shape index (κ1) is 11.6. The molecule has 6 nitrogen and oxygen atoms in total. The number of aromatic nitrogens is 2. The largest absolute Gasteiger partial charge is 0.329 e. The van der Waals surface area contributed by atoms with Crippen LogP contribution in [0.2, 0.25) is 0 Å². The number of nitrogens with one attached hydrogen (secondary N) is 2. The highest BCUT2D eigenvalue weighted by Crippen LogP contribution is 2.39. The van der Waals surface area contributed by atoms with E-state index in [0.717, 1.165) is 12.8 Å². The molecule has 0 spiro atoms. The van der Waals surface area contributed by atoms with Crippen molar-refractivity contribution >= 4 is 10.0 Å². The van der Waals surface area contributed by atoms with E-state index in [0.29, 0.717) is 12.5 Å². The summed E-state index contributed by atoms with van der Waals surface area (Å²) in [5.74, 6) is 0.346. The Balaban J connectivity index is 2.20. The Kier molecular flexibility index (Phi) is 2.77. The molecule has 1 aromatic rings. The molecule has 90 valence electrons. The third-order valence-electron chi connectivity index (χ3n) is 3.05. The minimum absolute atomic E-state index is 0.146. The fourth-order valence-electron chi connectivity index (χ4n) is 1.76. The molecule has 1 atom stereocenters. The predicted molar refractivity (Wildman–Crippen MR) is 59.1 cm³/mol. The van der Waals surface area contributed by atoms with Gasteiger partial charge in [-0.25, -0.2) is 13.1 Å². The van der Waals surface area contributed by atoms with Gasteiger partial charge in [0, 0.05) is 18.3 Å². The van der Waals surface area contributed by atoms with Crippen molar-refractivity contribution in [2.75, 3.05) is 6.54 Å². The average molecular weight is 244 g/mol. The number of H-pyrrole nitrogens is 1. The van der Waals surface area contributed by atoms with Crippen molar-refractivity contribution in [2.45, 2.75) is 30.2 Å². The Morgan fingerprint density at radius 2 is 2.38 bits per heavy atom. The van der Waals surface area contributed by atoms with E-state index in [2.05, 4.69) is 14.9 Å². The van der Waals surface area contributed by atoms with Crippen molar-refractivity contribution in [1.29, 1.82) is 0 Å². The van der Waals surface area contributed by atoms with Crippen molar-refractivity contribution in [1.82, 2.24) is 14.9 Å². The van der Waals surface area contributed by atoms with Crippen LogP contribution in [0.15, 0.2) is 17.3 Å². The van der Waals surface area contributed by atoms with Gasteiger partial charge in [0.2, 0.25) is 10.0 Å². The molecule has 0 amide bonds. The van der Waals surface area contributed by atoms with E-state index in [-0.39, 0.29) is 4.90 Å². The highest BCUT2D eigenvalue weighted by atomic mass is 32.2. The molecule has 0 aromatic carbocycles. The maximum Gasteiger partial charge on any atom is 0.244 e. The molecule has 1 aliphatic carbocycles. The lowest BCUT2D eigenvalue weighted by atomic mass is 9.98. The van der Waals surface area contributed by atoms with E-state index in [1.165, 1.54) is 12.4 Å².